The lowest BCUT2D eigenvalue weighted by Crippen LogP contribution is -2.39. The minimum absolute atomic E-state index is 0.234. The van der Waals surface area contributed by atoms with E-state index in [1.807, 2.05) is 17.0 Å². The van der Waals surface area contributed by atoms with Crippen molar-refractivity contribution in [2.75, 3.05) is 25.5 Å². The molecule has 2 aromatic rings. The molecule has 3 nitrogen and oxygen atoms in total. The van der Waals surface area contributed by atoms with E-state index in [1.54, 1.807) is 11.3 Å². The van der Waals surface area contributed by atoms with Crippen LogP contribution in [0.25, 0.3) is 0 Å². The zero-order valence-corrected chi connectivity index (χ0v) is 14.0. The predicted molar refractivity (Wildman–Crippen MR) is 92.5 cm³/mol. The number of nitrogens with zero attached hydrogens (tertiary/aromatic N) is 2. The Morgan fingerprint density at radius 2 is 2.09 bits per heavy atom. The Balaban J connectivity index is 1.76. The number of rotatable bonds is 4. The molecule has 1 unspecified atom stereocenters. The van der Waals surface area contributed by atoms with Gasteiger partial charge < -0.3 is 9.80 Å². The number of hydrogen-bond acceptors (Lipinski definition) is 3. The van der Waals surface area contributed by atoms with Gasteiger partial charge in [0.2, 0.25) is 5.91 Å². The smallest absolute Gasteiger partial charge is 0.227 e. The number of para-hydroxylation sites is 1. The van der Waals surface area contributed by atoms with Crippen molar-refractivity contribution < 1.29 is 4.79 Å². The minimum Gasteiger partial charge on any atom is -0.312 e. The van der Waals surface area contributed by atoms with Crippen LogP contribution >= 0.6 is 11.3 Å². The van der Waals surface area contributed by atoms with Crippen molar-refractivity contribution in [3.05, 3.63) is 52.2 Å². The summed E-state index contributed by atoms with van der Waals surface area (Å²) in [5.74, 6) is 0.234. The van der Waals surface area contributed by atoms with Crippen molar-refractivity contribution in [3.8, 4) is 0 Å². The molecule has 1 aliphatic rings. The van der Waals surface area contributed by atoms with Gasteiger partial charge in [-0.15, -0.1) is 11.3 Å². The zero-order chi connectivity index (χ0) is 15.5. The molecule has 0 fully saturated rings. The lowest BCUT2D eigenvalue weighted by molar-refractivity contribution is -0.118. The Morgan fingerprint density at radius 1 is 1.27 bits per heavy atom. The van der Waals surface area contributed by atoms with Crippen LogP contribution in [0.4, 0.5) is 5.69 Å². The van der Waals surface area contributed by atoms with Crippen LogP contribution in [0.1, 0.15) is 29.3 Å². The fourth-order valence-corrected chi connectivity index (χ4v) is 3.87. The van der Waals surface area contributed by atoms with Crippen LogP contribution in [0.5, 0.6) is 0 Å². The number of aryl methyl sites for hydroxylation is 1. The van der Waals surface area contributed by atoms with Crippen molar-refractivity contribution in [2.45, 2.75) is 25.3 Å². The molecule has 1 amide bonds. The van der Waals surface area contributed by atoms with Gasteiger partial charge in [0.05, 0.1) is 0 Å². The second kappa shape index (κ2) is 6.63. The third-order valence-corrected chi connectivity index (χ3v) is 5.24. The highest BCUT2D eigenvalue weighted by Crippen LogP contribution is 2.36. The number of thiophene rings is 1. The molecule has 3 rings (SSSR count). The van der Waals surface area contributed by atoms with Gasteiger partial charge in [-0.25, -0.2) is 0 Å². The van der Waals surface area contributed by atoms with Crippen molar-refractivity contribution >= 4 is 22.9 Å². The maximum atomic E-state index is 12.6. The number of amides is 1. The van der Waals surface area contributed by atoms with E-state index in [4.69, 9.17) is 0 Å². The average molecular weight is 314 g/mol. The molecule has 1 aliphatic heterocycles. The van der Waals surface area contributed by atoms with Crippen LogP contribution < -0.4 is 4.90 Å². The highest BCUT2D eigenvalue weighted by molar-refractivity contribution is 7.09. The summed E-state index contributed by atoms with van der Waals surface area (Å²) in [5, 5.41) is 2.07. The van der Waals surface area contributed by atoms with Crippen molar-refractivity contribution in [3.63, 3.8) is 0 Å². The normalized spacial score (nSPS) is 17.6. The van der Waals surface area contributed by atoms with E-state index < -0.39 is 0 Å². The third kappa shape index (κ3) is 3.08. The molecule has 1 aromatic carbocycles. The SMILES string of the molecule is CN(C)C1CCN(C(=O)CCc2cccs2)c2ccccc21. The average Bonchev–Trinajstić information content (AvgIpc) is 3.04. The summed E-state index contributed by atoms with van der Waals surface area (Å²) < 4.78 is 0. The number of benzene rings is 1. The molecule has 2 heterocycles. The number of anilines is 1. The summed E-state index contributed by atoms with van der Waals surface area (Å²) in [6.07, 6.45) is 2.42. The lowest BCUT2D eigenvalue weighted by Gasteiger charge is -2.37. The fraction of sp³-hybridized carbons (Fsp3) is 0.389. The van der Waals surface area contributed by atoms with E-state index in [1.165, 1.54) is 10.4 Å². The van der Waals surface area contributed by atoms with E-state index in [9.17, 15) is 4.79 Å². The van der Waals surface area contributed by atoms with E-state index >= 15 is 0 Å². The van der Waals surface area contributed by atoms with Crippen LogP contribution in [-0.4, -0.2) is 31.4 Å². The molecule has 1 aromatic heterocycles. The van der Waals surface area contributed by atoms with Gasteiger partial charge in [-0.1, -0.05) is 24.3 Å². The molecular weight excluding hydrogens is 292 g/mol. The molecule has 4 heteroatoms. The number of fused-ring (bicyclic) bond motifs is 1. The molecule has 0 radical (unpaired) electrons. The van der Waals surface area contributed by atoms with Crippen molar-refractivity contribution in [1.82, 2.24) is 4.90 Å². The minimum atomic E-state index is 0.234. The van der Waals surface area contributed by atoms with Gasteiger partial charge in [-0.05, 0) is 50.0 Å². The molecular formula is C18H22N2OS. The van der Waals surface area contributed by atoms with E-state index in [-0.39, 0.29) is 5.91 Å². The highest BCUT2D eigenvalue weighted by Gasteiger charge is 2.29. The Morgan fingerprint density at radius 3 is 2.82 bits per heavy atom. The first-order chi connectivity index (χ1) is 10.7. The standard InChI is InChI=1S/C18H22N2OS/c1-19(2)16-11-12-20(17-8-4-3-7-15(16)17)18(21)10-9-14-6-5-13-22-14/h3-8,13,16H,9-12H2,1-2H3. The van der Waals surface area contributed by atoms with Crippen LogP contribution in [0.3, 0.4) is 0 Å². The van der Waals surface area contributed by atoms with Gasteiger partial charge in [-0.3, -0.25) is 4.79 Å². The maximum absolute atomic E-state index is 12.6. The summed E-state index contributed by atoms with van der Waals surface area (Å²) in [6.45, 7) is 0.809. The quantitative estimate of drug-likeness (QED) is 0.858. The van der Waals surface area contributed by atoms with Gasteiger partial charge in [0.1, 0.15) is 0 Å². The van der Waals surface area contributed by atoms with Gasteiger partial charge in [0.25, 0.3) is 0 Å². The van der Waals surface area contributed by atoms with Gasteiger partial charge >= 0.3 is 0 Å². The molecule has 0 N–H and O–H groups in total. The Kier molecular flexibility index (Phi) is 4.60. The van der Waals surface area contributed by atoms with Crippen LogP contribution in [0.15, 0.2) is 41.8 Å². The van der Waals surface area contributed by atoms with Crippen LogP contribution in [0.2, 0.25) is 0 Å². The second-order valence-corrected chi connectivity index (χ2v) is 6.98. The summed E-state index contributed by atoms with van der Waals surface area (Å²) >= 11 is 1.72. The molecule has 0 bridgehead atoms. The van der Waals surface area contributed by atoms with E-state index in [0.29, 0.717) is 12.5 Å². The van der Waals surface area contributed by atoms with Crippen molar-refractivity contribution in [1.29, 1.82) is 0 Å². The first kappa shape index (κ1) is 15.3. The zero-order valence-electron chi connectivity index (χ0n) is 13.2. The second-order valence-electron chi connectivity index (χ2n) is 5.95. The molecule has 1 atom stereocenters. The predicted octanol–water partition coefficient (Wildman–Crippen LogP) is 3.72. The summed E-state index contributed by atoms with van der Waals surface area (Å²) in [7, 11) is 4.21. The van der Waals surface area contributed by atoms with Crippen LogP contribution in [0, 0.1) is 0 Å². The monoisotopic (exact) mass is 314 g/mol. The molecule has 0 saturated heterocycles. The molecule has 0 spiro atoms. The molecule has 0 saturated carbocycles. The number of hydrogen-bond donors (Lipinski definition) is 0. The summed E-state index contributed by atoms with van der Waals surface area (Å²) in [6, 6.07) is 12.9. The van der Waals surface area contributed by atoms with Gasteiger partial charge in [0.15, 0.2) is 0 Å². The lowest BCUT2D eigenvalue weighted by atomic mass is 9.95. The van der Waals surface area contributed by atoms with Gasteiger partial charge in [0, 0.05) is 29.6 Å². The Hall–Kier alpha value is -1.65. The number of carbonyl (C=O) groups excluding carboxylic acids is 1. The first-order valence-electron chi connectivity index (χ1n) is 7.75. The third-order valence-electron chi connectivity index (χ3n) is 4.30. The molecule has 22 heavy (non-hydrogen) atoms. The maximum Gasteiger partial charge on any atom is 0.227 e. The summed E-state index contributed by atoms with van der Waals surface area (Å²) in [5.41, 5.74) is 2.35. The van der Waals surface area contributed by atoms with Crippen LogP contribution in [-0.2, 0) is 11.2 Å². The first-order valence-corrected chi connectivity index (χ1v) is 8.63. The van der Waals surface area contributed by atoms with E-state index in [0.717, 1.165) is 25.1 Å². The number of carbonyl (C=O) groups is 1. The summed E-state index contributed by atoms with van der Waals surface area (Å²) in [4.78, 5) is 18.1. The van der Waals surface area contributed by atoms with Gasteiger partial charge in [-0.2, -0.15) is 0 Å². The largest absolute Gasteiger partial charge is 0.312 e. The Bertz CT molecular complexity index is 636. The highest BCUT2D eigenvalue weighted by atomic mass is 32.1. The van der Waals surface area contributed by atoms with E-state index in [2.05, 4.69) is 48.6 Å². The fourth-order valence-electron chi connectivity index (χ4n) is 3.16. The van der Waals surface area contributed by atoms with Crippen molar-refractivity contribution in [2.24, 2.45) is 0 Å². The molecule has 116 valence electrons. The molecule has 0 aliphatic carbocycles. The Labute approximate surface area is 136 Å². The topological polar surface area (TPSA) is 23.6 Å².